The van der Waals surface area contributed by atoms with Crippen molar-refractivity contribution in [1.29, 1.82) is 0 Å². The highest BCUT2D eigenvalue weighted by atomic mass is 16.2. The van der Waals surface area contributed by atoms with E-state index in [1.165, 1.54) is 5.57 Å². The lowest BCUT2D eigenvalue weighted by Gasteiger charge is -2.23. The number of allylic oxidation sites excluding steroid dienone is 3. The number of hydrazine groups is 1. The summed E-state index contributed by atoms with van der Waals surface area (Å²) in [5, 5.41) is 2.75. The van der Waals surface area contributed by atoms with Crippen LogP contribution in [0.3, 0.4) is 0 Å². The Bertz CT molecular complexity index is 623. The molecule has 24 heavy (non-hydrogen) atoms. The maximum atomic E-state index is 11.8. The molecule has 5 heteroatoms. The molecule has 0 spiro atoms. The third-order valence-electron chi connectivity index (χ3n) is 4.13. The first kappa shape index (κ1) is 17.8. The number of hydrogen-bond donors (Lipinski definition) is 3. The smallest absolute Gasteiger partial charge is 0.238 e. The fraction of sp³-hybridized carbons (Fsp3) is 0.368. The van der Waals surface area contributed by atoms with E-state index in [0.29, 0.717) is 5.92 Å². The molecule has 5 nitrogen and oxygen atoms in total. The van der Waals surface area contributed by atoms with Gasteiger partial charge in [0.15, 0.2) is 0 Å². The molecule has 0 aromatic heterocycles. The van der Waals surface area contributed by atoms with E-state index in [-0.39, 0.29) is 24.7 Å². The molecule has 1 aromatic rings. The molecule has 1 aliphatic rings. The van der Waals surface area contributed by atoms with E-state index in [1.807, 2.05) is 30.3 Å². The molecule has 0 saturated heterocycles. The number of carbonyl (C=O) groups excluding carboxylic acids is 2. The molecule has 1 atom stereocenters. The summed E-state index contributed by atoms with van der Waals surface area (Å²) in [6.45, 7) is 6.13. The molecular weight excluding hydrogens is 302 g/mol. The van der Waals surface area contributed by atoms with Crippen molar-refractivity contribution in [3.8, 4) is 0 Å². The molecule has 0 aliphatic heterocycles. The van der Waals surface area contributed by atoms with Crippen LogP contribution >= 0.6 is 0 Å². The molecule has 1 aromatic carbocycles. The first-order valence-corrected chi connectivity index (χ1v) is 8.29. The van der Waals surface area contributed by atoms with Crippen LogP contribution in [0.15, 0.2) is 54.3 Å². The van der Waals surface area contributed by atoms with Gasteiger partial charge in [-0.05, 0) is 38.3 Å². The van der Waals surface area contributed by atoms with Crippen LogP contribution in [0.2, 0.25) is 0 Å². The standard InChI is InChI=1S/C19H25N3O2/c1-14-8-10-16(11-9-14)15(2)21-22-19(24)13-12-18(23)20-17-6-4-3-5-7-17/h3-8,16,21H,2,9-13H2,1H3,(H,20,23)(H,22,24)/t16-/m1/s1. The predicted octanol–water partition coefficient (Wildman–Crippen LogP) is 3.29. The van der Waals surface area contributed by atoms with Crippen molar-refractivity contribution < 1.29 is 9.59 Å². The van der Waals surface area contributed by atoms with Crippen LogP contribution in [0.25, 0.3) is 0 Å². The van der Waals surface area contributed by atoms with Gasteiger partial charge in [0.25, 0.3) is 0 Å². The van der Waals surface area contributed by atoms with Gasteiger partial charge in [-0.25, -0.2) is 0 Å². The van der Waals surface area contributed by atoms with Crippen LogP contribution in [-0.2, 0) is 9.59 Å². The van der Waals surface area contributed by atoms with Crippen molar-refractivity contribution in [2.75, 3.05) is 5.32 Å². The number of benzene rings is 1. The molecule has 0 bridgehead atoms. The van der Waals surface area contributed by atoms with E-state index in [4.69, 9.17) is 0 Å². The predicted molar refractivity (Wildman–Crippen MR) is 95.8 cm³/mol. The highest BCUT2D eigenvalue weighted by molar-refractivity contribution is 5.93. The SMILES string of the molecule is C=C(NNC(=O)CCC(=O)Nc1ccccc1)[C@@H]1CC=C(C)CC1. The van der Waals surface area contributed by atoms with E-state index in [2.05, 4.69) is 35.7 Å². The highest BCUT2D eigenvalue weighted by Gasteiger charge is 2.16. The van der Waals surface area contributed by atoms with E-state index in [1.54, 1.807) is 0 Å². The molecule has 2 amide bonds. The van der Waals surface area contributed by atoms with Gasteiger partial charge in [-0.1, -0.05) is 36.4 Å². The van der Waals surface area contributed by atoms with Gasteiger partial charge in [0.2, 0.25) is 11.8 Å². The van der Waals surface area contributed by atoms with Crippen molar-refractivity contribution in [1.82, 2.24) is 10.9 Å². The number of anilines is 1. The van der Waals surface area contributed by atoms with Crippen LogP contribution in [0.1, 0.15) is 39.0 Å². The van der Waals surface area contributed by atoms with Crippen molar-refractivity contribution in [2.45, 2.75) is 39.0 Å². The minimum atomic E-state index is -0.220. The van der Waals surface area contributed by atoms with Crippen LogP contribution in [-0.4, -0.2) is 11.8 Å². The summed E-state index contributed by atoms with van der Waals surface area (Å²) in [7, 11) is 0. The summed E-state index contributed by atoms with van der Waals surface area (Å²) in [5.74, 6) is -0.0552. The minimum absolute atomic E-state index is 0.128. The molecule has 128 valence electrons. The Hall–Kier alpha value is -2.56. The lowest BCUT2D eigenvalue weighted by molar-refractivity contribution is -0.125. The number of amides is 2. The Morgan fingerprint density at radius 3 is 2.50 bits per heavy atom. The third kappa shape index (κ3) is 5.91. The normalized spacial score (nSPS) is 16.7. The zero-order valence-electron chi connectivity index (χ0n) is 14.1. The Labute approximate surface area is 143 Å². The maximum Gasteiger partial charge on any atom is 0.238 e. The lowest BCUT2D eigenvalue weighted by atomic mass is 9.88. The number of nitrogens with one attached hydrogen (secondary N) is 3. The fourth-order valence-corrected chi connectivity index (χ4v) is 2.57. The van der Waals surface area contributed by atoms with E-state index < -0.39 is 0 Å². The first-order chi connectivity index (χ1) is 11.5. The minimum Gasteiger partial charge on any atom is -0.326 e. The third-order valence-corrected chi connectivity index (χ3v) is 4.13. The van der Waals surface area contributed by atoms with E-state index >= 15 is 0 Å². The Kier molecular flexibility index (Phi) is 6.61. The van der Waals surface area contributed by atoms with Gasteiger partial charge in [-0.15, -0.1) is 0 Å². The van der Waals surface area contributed by atoms with E-state index in [0.717, 1.165) is 30.6 Å². The zero-order valence-corrected chi connectivity index (χ0v) is 14.1. The number of hydrogen-bond acceptors (Lipinski definition) is 3. The van der Waals surface area contributed by atoms with Crippen molar-refractivity contribution in [2.24, 2.45) is 5.92 Å². The van der Waals surface area contributed by atoms with Gasteiger partial charge in [0, 0.05) is 30.1 Å². The summed E-state index contributed by atoms with van der Waals surface area (Å²) in [5.41, 5.74) is 8.47. The summed E-state index contributed by atoms with van der Waals surface area (Å²) in [6, 6.07) is 9.19. The summed E-state index contributed by atoms with van der Waals surface area (Å²) >= 11 is 0. The van der Waals surface area contributed by atoms with Crippen molar-refractivity contribution in [3.63, 3.8) is 0 Å². The highest BCUT2D eigenvalue weighted by Crippen LogP contribution is 2.26. The molecule has 0 unspecified atom stereocenters. The number of para-hydroxylation sites is 1. The van der Waals surface area contributed by atoms with Crippen LogP contribution in [0.5, 0.6) is 0 Å². The van der Waals surface area contributed by atoms with Gasteiger partial charge in [0.1, 0.15) is 0 Å². The largest absolute Gasteiger partial charge is 0.326 e. The van der Waals surface area contributed by atoms with Gasteiger partial charge in [-0.3, -0.25) is 15.0 Å². The number of rotatable bonds is 7. The summed E-state index contributed by atoms with van der Waals surface area (Å²) < 4.78 is 0. The molecule has 0 radical (unpaired) electrons. The average Bonchev–Trinajstić information content (AvgIpc) is 2.59. The molecule has 1 aliphatic carbocycles. The van der Waals surface area contributed by atoms with Crippen LogP contribution < -0.4 is 16.2 Å². The molecule has 0 fully saturated rings. The molecule has 0 heterocycles. The second-order valence-electron chi connectivity index (χ2n) is 6.13. The van der Waals surface area contributed by atoms with Crippen molar-refractivity contribution in [3.05, 3.63) is 54.3 Å². The first-order valence-electron chi connectivity index (χ1n) is 8.29. The molecule has 0 saturated carbocycles. The van der Waals surface area contributed by atoms with Crippen LogP contribution in [0.4, 0.5) is 5.69 Å². The average molecular weight is 327 g/mol. The number of carbonyl (C=O) groups is 2. The summed E-state index contributed by atoms with van der Waals surface area (Å²) in [4.78, 5) is 23.6. The van der Waals surface area contributed by atoms with Gasteiger partial charge < -0.3 is 10.7 Å². The second-order valence-corrected chi connectivity index (χ2v) is 6.13. The fourth-order valence-electron chi connectivity index (χ4n) is 2.57. The van der Waals surface area contributed by atoms with Gasteiger partial charge >= 0.3 is 0 Å². The van der Waals surface area contributed by atoms with Crippen LogP contribution in [0, 0.1) is 5.92 Å². The molecule has 3 N–H and O–H groups in total. The maximum absolute atomic E-state index is 11.8. The van der Waals surface area contributed by atoms with Gasteiger partial charge in [0.05, 0.1) is 0 Å². The lowest BCUT2D eigenvalue weighted by Crippen LogP contribution is -2.38. The summed E-state index contributed by atoms with van der Waals surface area (Å²) in [6.07, 6.45) is 5.55. The Morgan fingerprint density at radius 1 is 1.12 bits per heavy atom. The van der Waals surface area contributed by atoms with Crippen molar-refractivity contribution >= 4 is 17.5 Å². The Morgan fingerprint density at radius 2 is 1.83 bits per heavy atom. The monoisotopic (exact) mass is 327 g/mol. The topological polar surface area (TPSA) is 70.2 Å². The quantitative estimate of drug-likeness (QED) is 0.532. The molecular formula is C19H25N3O2. The van der Waals surface area contributed by atoms with E-state index in [9.17, 15) is 9.59 Å². The Balaban J connectivity index is 1.64. The second kappa shape index (κ2) is 8.91. The zero-order chi connectivity index (χ0) is 17.4. The van der Waals surface area contributed by atoms with Gasteiger partial charge in [-0.2, -0.15) is 0 Å². The molecule has 2 rings (SSSR count).